The summed E-state index contributed by atoms with van der Waals surface area (Å²) >= 11 is 0. The molecule has 1 aliphatic carbocycles. The third kappa shape index (κ3) is 4.29. The Morgan fingerprint density at radius 2 is 1.89 bits per heavy atom. The van der Waals surface area contributed by atoms with Gasteiger partial charge in [-0.15, -0.1) is 0 Å². The van der Waals surface area contributed by atoms with E-state index in [1.807, 2.05) is 12.1 Å². The zero-order chi connectivity index (χ0) is 19.5. The normalized spacial score (nSPS) is 16.8. The van der Waals surface area contributed by atoms with Crippen molar-refractivity contribution >= 4 is 11.7 Å². The van der Waals surface area contributed by atoms with Crippen LogP contribution in [0.4, 0.5) is 10.1 Å². The number of benzene rings is 2. The van der Waals surface area contributed by atoms with Gasteiger partial charge in [-0.05, 0) is 67.3 Å². The lowest BCUT2D eigenvalue weighted by atomic mass is 9.96. The van der Waals surface area contributed by atoms with E-state index in [2.05, 4.69) is 17.0 Å². The molecule has 0 radical (unpaired) electrons. The Labute approximate surface area is 164 Å². The minimum Gasteiger partial charge on any atom is -0.490 e. The Kier molecular flexibility index (Phi) is 5.51. The van der Waals surface area contributed by atoms with Gasteiger partial charge in [-0.1, -0.05) is 18.2 Å². The van der Waals surface area contributed by atoms with Crippen molar-refractivity contribution < 1.29 is 19.0 Å². The molecule has 1 fully saturated rings. The molecule has 0 spiro atoms. The van der Waals surface area contributed by atoms with Crippen LogP contribution in [-0.2, 0) is 24.1 Å². The molecule has 4 nitrogen and oxygen atoms in total. The van der Waals surface area contributed by atoms with Gasteiger partial charge in [-0.2, -0.15) is 0 Å². The fourth-order valence-corrected chi connectivity index (χ4v) is 3.92. The molecule has 0 aromatic heterocycles. The molecular formula is C23H26FNO3. The summed E-state index contributed by atoms with van der Waals surface area (Å²) in [4.78, 5) is 12.9. The molecule has 2 aliphatic rings. The van der Waals surface area contributed by atoms with Crippen LogP contribution in [-0.4, -0.2) is 30.3 Å². The largest absolute Gasteiger partial charge is 0.490 e. The molecule has 148 valence electrons. The Balaban J connectivity index is 1.47. The number of fused-ring (bicyclic) bond motifs is 1. The van der Waals surface area contributed by atoms with Crippen LogP contribution in [0.25, 0.3) is 0 Å². The van der Waals surface area contributed by atoms with Gasteiger partial charge in [0.05, 0.1) is 11.8 Å². The van der Waals surface area contributed by atoms with Crippen LogP contribution in [0.3, 0.4) is 0 Å². The molecule has 4 rings (SSSR count). The molecule has 1 heterocycles. The van der Waals surface area contributed by atoms with Crippen molar-refractivity contribution in [3.63, 3.8) is 0 Å². The van der Waals surface area contributed by atoms with Crippen molar-refractivity contribution in [1.82, 2.24) is 0 Å². The number of nitrogens with zero attached hydrogens (tertiary/aromatic N) is 1. The number of carboxylic acids is 1. The van der Waals surface area contributed by atoms with E-state index in [0.717, 1.165) is 50.1 Å². The molecule has 2 aromatic rings. The van der Waals surface area contributed by atoms with Crippen LogP contribution in [0.15, 0.2) is 36.4 Å². The summed E-state index contributed by atoms with van der Waals surface area (Å²) in [7, 11) is 0. The van der Waals surface area contributed by atoms with Crippen LogP contribution < -0.4 is 9.64 Å². The summed E-state index contributed by atoms with van der Waals surface area (Å²) < 4.78 is 20.5. The number of hydrogen-bond acceptors (Lipinski definition) is 3. The molecule has 1 N–H and O–H groups in total. The van der Waals surface area contributed by atoms with Crippen LogP contribution in [0.5, 0.6) is 5.75 Å². The number of carboxylic acid groups (broad SMARTS) is 1. The number of rotatable bonds is 6. The predicted octanol–water partition coefficient (Wildman–Crippen LogP) is 4.38. The Morgan fingerprint density at radius 3 is 2.61 bits per heavy atom. The van der Waals surface area contributed by atoms with E-state index in [1.165, 1.54) is 23.6 Å². The molecule has 1 saturated carbocycles. The van der Waals surface area contributed by atoms with Crippen molar-refractivity contribution in [2.24, 2.45) is 0 Å². The average molecular weight is 383 g/mol. The van der Waals surface area contributed by atoms with E-state index in [4.69, 9.17) is 9.84 Å². The average Bonchev–Trinajstić information content (AvgIpc) is 2.86. The van der Waals surface area contributed by atoms with Crippen LogP contribution in [0.1, 0.15) is 42.4 Å². The Bertz CT molecular complexity index is 863. The highest BCUT2D eigenvalue weighted by Crippen LogP contribution is 2.31. The van der Waals surface area contributed by atoms with E-state index in [0.29, 0.717) is 12.1 Å². The van der Waals surface area contributed by atoms with E-state index in [1.54, 1.807) is 6.07 Å². The molecule has 0 saturated heterocycles. The number of carbonyl (C=O) groups is 1. The van der Waals surface area contributed by atoms with Gasteiger partial charge in [0.25, 0.3) is 0 Å². The van der Waals surface area contributed by atoms with Gasteiger partial charge in [0.15, 0.2) is 0 Å². The van der Waals surface area contributed by atoms with Crippen molar-refractivity contribution in [2.75, 3.05) is 18.0 Å². The van der Waals surface area contributed by atoms with Crippen LogP contribution in [0.2, 0.25) is 0 Å². The van der Waals surface area contributed by atoms with Gasteiger partial charge >= 0.3 is 5.97 Å². The number of anilines is 1. The monoisotopic (exact) mass is 383 g/mol. The maximum atomic E-state index is 14.5. The van der Waals surface area contributed by atoms with Crippen molar-refractivity contribution in [1.29, 1.82) is 0 Å². The lowest BCUT2D eigenvalue weighted by Crippen LogP contribution is -2.27. The summed E-state index contributed by atoms with van der Waals surface area (Å²) in [5.41, 5.74) is 4.17. The highest BCUT2D eigenvalue weighted by molar-refractivity contribution is 5.67. The third-order valence-corrected chi connectivity index (χ3v) is 5.81. The molecule has 28 heavy (non-hydrogen) atoms. The summed E-state index contributed by atoms with van der Waals surface area (Å²) in [5, 5.41) is 8.89. The molecule has 0 bridgehead atoms. The maximum absolute atomic E-state index is 14.5. The SMILES string of the molecule is O=C(O)CCc1ccc2c(c1)CCN(c1cc(OC3CCC3)ccc1F)CC2. The number of halogens is 1. The number of aryl methyl sites for hydroxylation is 1. The topological polar surface area (TPSA) is 49.8 Å². The molecule has 0 unspecified atom stereocenters. The first-order chi connectivity index (χ1) is 13.6. The van der Waals surface area contributed by atoms with E-state index < -0.39 is 5.97 Å². The first-order valence-corrected chi connectivity index (χ1v) is 10.1. The standard InChI is InChI=1S/C23H26FNO3/c24-21-8-7-20(28-19-2-1-3-19)15-22(21)25-12-10-17-6-4-16(5-9-23(26)27)14-18(17)11-13-25/h4,6-8,14-15,19H,1-3,5,9-13H2,(H,26,27). The molecular weight excluding hydrogens is 357 g/mol. The second kappa shape index (κ2) is 8.21. The first kappa shape index (κ1) is 18.8. The Morgan fingerprint density at radius 1 is 1.11 bits per heavy atom. The smallest absolute Gasteiger partial charge is 0.303 e. The lowest BCUT2D eigenvalue weighted by Gasteiger charge is -2.28. The van der Waals surface area contributed by atoms with Crippen molar-refractivity contribution in [2.45, 2.75) is 51.0 Å². The molecule has 2 aromatic carbocycles. The fraction of sp³-hybridized carbons (Fsp3) is 0.435. The minimum absolute atomic E-state index is 0.143. The summed E-state index contributed by atoms with van der Waals surface area (Å²) in [5.74, 6) is -0.242. The number of ether oxygens (including phenoxy) is 1. The fourth-order valence-electron chi connectivity index (χ4n) is 3.92. The van der Waals surface area contributed by atoms with Gasteiger partial charge < -0.3 is 14.7 Å². The van der Waals surface area contributed by atoms with E-state index in [-0.39, 0.29) is 18.3 Å². The van der Waals surface area contributed by atoms with Gasteiger partial charge in [0, 0.05) is 25.6 Å². The Hall–Kier alpha value is -2.56. The van der Waals surface area contributed by atoms with Gasteiger partial charge in [-0.25, -0.2) is 4.39 Å². The van der Waals surface area contributed by atoms with Crippen LogP contribution in [0, 0.1) is 5.82 Å². The summed E-state index contributed by atoms with van der Waals surface area (Å²) in [6, 6.07) is 11.3. The molecule has 1 aliphatic heterocycles. The first-order valence-electron chi connectivity index (χ1n) is 10.1. The quantitative estimate of drug-likeness (QED) is 0.804. The van der Waals surface area contributed by atoms with E-state index >= 15 is 0 Å². The highest BCUT2D eigenvalue weighted by Gasteiger charge is 2.21. The van der Waals surface area contributed by atoms with Gasteiger partial charge in [0.1, 0.15) is 11.6 Å². The van der Waals surface area contributed by atoms with Gasteiger partial charge in [-0.3, -0.25) is 4.79 Å². The van der Waals surface area contributed by atoms with E-state index in [9.17, 15) is 9.18 Å². The zero-order valence-corrected chi connectivity index (χ0v) is 16.0. The summed E-state index contributed by atoms with van der Waals surface area (Å²) in [6.45, 7) is 1.49. The second-order valence-electron chi connectivity index (χ2n) is 7.77. The molecule has 0 atom stereocenters. The van der Waals surface area contributed by atoms with Gasteiger partial charge in [0.2, 0.25) is 0 Å². The lowest BCUT2D eigenvalue weighted by molar-refractivity contribution is -0.136. The molecule has 0 amide bonds. The number of hydrogen-bond donors (Lipinski definition) is 1. The minimum atomic E-state index is -0.777. The number of aliphatic carboxylic acids is 1. The second-order valence-corrected chi connectivity index (χ2v) is 7.77. The van der Waals surface area contributed by atoms with Crippen LogP contribution >= 0.6 is 0 Å². The van der Waals surface area contributed by atoms with Crippen molar-refractivity contribution in [3.05, 3.63) is 58.9 Å². The molecule has 5 heteroatoms. The highest BCUT2D eigenvalue weighted by atomic mass is 19.1. The third-order valence-electron chi connectivity index (χ3n) is 5.81. The predicted molar refractivity (Wildman–Crippen MR) is 107 cm³/mol. The summed E-state index contributed by atoms with van der Waals surface area (Å²) in [6.07, 6.45) is 6.00. The van der Waals surface area contributed by atoms with Crippen molar-refractivity contribution in [3.8, 4) is 5.75 Å². The maximum Gasteiger partial charge on any atom is 0.303 e. The zero-order valence-electron chi connectivity index (χ0n) is 16.0.